The summed E-state index contributed by atoms with van der Waals surface area (Å²) < 4.78 is 5.79. The lowest BCUT2D eigenvalue weighted by atomic mass is 9.94. The second-order valence-corrected chi connectivity index (χ2v) is 8.20. The predicted octanol–water partition coefficient (Wildman–Crippen LogP) is 5.41. The minimum absolute atomic E-state index is 0.0902. The Hall–Kier alpha value is -3.86. The van der Waals surface area contributed by atoms with E-state index in [9.17, 15) is 14.7 Å². The highest BCUT2D eigenvalue weighted by Gasteiger charge is 2.46. The molecule has 4 rings (SSSR count). The van der Waals surface area contributed by atoms with E-state index in [2.05, 4.69) is 0 Å². The summed E-state index contributed by atoms with van der Waals surface area (Å²) in [6.07, 6.45) is 0.865. The maximum atomic E-state index is 13.2. The zero-order chi connectivity index (χ0) is 23.4. The Morgan fingerprint density at radius 1 is 0.970 bits per heavy atom. The van der Waals surface area contributed by atoms with E-state index in [1.54, 1.807) is 12.1 Å². The van der Waals surface area contributed by atoms with Gasteiger partial charge in [0.15, 0.2) is 0 Å². The van der Waals surface area contributed by atoms with E-state index >= 15 is 0 Å². The van der Waals surface area contributed by atoms with Gasteiger partial charge in [0.1, 0.15) is 11.5 Å². The van der Waals surface area contributed by atoms with Gasteiger partial charge in [0.05, 0.1) is 18.2 Å². The van der Waals surface area contributed by atoms with E-state index in [0.717, 1.165) is 17.5 Å². The highest BCUT2D eigenvalue weighted by Crippen LogP contribution is 2.41. The first kappa shape index (κ1) is 22.3. The molecule has 0 radical (unpaired) electrons. The zero-order valence-electron chi connectivity index (χ0n) is 18.8. The Balaban J connectivity index is 1.84. The molecule has 1 aliphatic rings. The van der Waals surface area contributed by atoms with Crippen LogP contribution in [0.25, 0.3) is 5.76 Å². The van der Waals surface area contributed by atoms with Gasteiger partial charge in [-0.1, -0.05) is 79.2 Å². The summed E-state index contributed by atoms with van der Waals surface area (Å²) in [5.74, 6) is -0.824. The third-order valence-electron chi connectivity index (χ3n) is 5.71. The third-order valence-corrected chi connectivity index (χ3v) is 5.71. The van der Waals surface area contributed by atoms with Crippen LogP contribution >= 0.6 is 0 Å². The van der Waals surface area contributed by atoms with E-state index in [0.29, 0.717) is 23.5 Å². The first-order valence-electron chi connectivity index (χ1n) is 11.1. The van der Waals surface area contributed by atoms with Crippen LogP contribution in [0.4, 0.5) is 0 Å². The van der Waals surface area contributed by atoms with E-state index in [-0.39, 0.29) is 17.9 Å². The van der Waals surface area contributed by atoms with Gasteiger partial charge in [0.25, 0.3) is 11.7 Å². The molecular formula is C28H27NO4. The van der Waals surface area contributed by atoms with Crippen molar-refractivity contribution >= 4 is 17.4 Å². The molecule has 5 heteroatoms. The molecule has 0 spiro atoms. The molecule has 1 N–H and O–H groups in total. The summed E-state index contributed by atoms with van der Waals surface area (Å²) in [6, 6.07) is 23.4. The first-order valence-corrected chi connectivity index (χ1v) is 11.1. The minimum Gasteiger partial charge on any atom is -0.507 e. The Morgan fingerprint density at radius 3 is 2.39 bits per heavy atom. The zero-order valence-corrected chi connectivity index (χ0v) is 18.8. The van der Waals surface area contributed by atoms with Gasteiger partial charge in [-0.25, -0.2) is 0 Å². The van der Waals surface area contributed by atoms with Gasteiger partial charge in [-0.05, 0) is 36.6 Å². The van der Waals surface area contributed by atoms with Crippen molar-refractivity contribution in [3.8, 4) is 5.75 Å². The number of aryl methyl sites for hydroxylation is 1. The van der Waals surface area contributed by atoms with E-state index in [1.165, 1.54) is 4.90 Å². The molecule has 1 heterocycles. The maximum absolute atomic E-state index is 13.2. The lowest BCUT2D eigenvalue weighted by Gasteiger charge is -2.26. The normalized spacial score (nSPS) is 17.4. The fourth-order valence-corrected chi connectivity index (χ4v) is 4.03. The molecule has 5 nitrogen and oxygen atoms in total. The average Bonchev–Trinajstić information content (AvgIpc) is 3.08. The molecular weight excluding hydrogens is 414 g/mol. The predicted molar refractivity (Wildman–Crippen MR) is 128 cm³/mol. The lowest BCUT2D eigenvalue weighted by molar-refractivity contribution is -0.140. The van der Waals surface area contributed by atoms with Gasteiger partial charge in [-0.2, -0.15) is 0 Å². The molecule has 0 bridgehead atoms. The smallest absolute Gasteiger partial charge is 0.295 e. The number of ether oxygens (including phenoxy) is 1. The number of aliphatic hydroxyl groups excluding tert-OH is 1. The standard InChI is InChI=1S/C28H27NO4/c1-3-16-33-23-11-7-10-22(17-23)25-24(26(30)21-14-12-19(2)13-15-21)27(31)28(32)29(25)18-20-8-5-4-6-9-20/h4-15,17,25,30H,3,16,18H2,1-2H3. The van der Waals surface area contributed by atoms with Crippen LogP contribution in [0.1, 0.15) is 41.6 Å². The first-order chi connectivity index (χ1) is 16.0. The molecule has 1 amide bonds. The minimum atomic E-state index is -0.725. The number of hydrogen-bond donors (Lipinski definition) is 1. The highest BCUT2D eigenvalue weighted by molar-refractivity contribution is 6.46. The molecule has 3 aromatic carbocycles. The number of nitrogens with zero attached hydrogens (tertiary/aromatic N) is 1. The number of Topliss-reactive ketones (excluding diaryl/α,β-unsaturated/α-hetero) is 1. The second kappa shape index (κ2) is 9.74. The summed E-state index contributed by atoms with van der Waals surface area (Å²) in [6.45, 7) is 4.79. The van der Waals surface area contributed by atoms with Crippen LogP contribution < -0.4 is 4.74 Å². The van der Waals surface area contributed by atoms with Crippen molar-refractivity contribution in [3.63, 3.8) is 0 Å². The van der Waals surface area contributed by atoms with Crippen molar-refractivity contribution in [1.29, 1.82) is 0 Å². The molecule has 0 saturated carbocycles. The van der Waals surface area contributed by atoms with Crippen molar-refractivity contribution in [1.82, 2.24) is 4.90 Å². The SMILES string of the molecule is CCCOc1cccc(C2C(=C(O)c3ccc(C)cc3)C(=O)C(=O)N2Cc2ccccc2)c1. The molecule has 33 heavy (non-hydrogen) atoms. The van der Waals surface area contributed by atoms with Gasteiger partial charge in [0.2, 0.25) is 0 Å². The molecule has 1 aliphatic heterocycles. The van der Waals surface area contributed by atoms with E-state index in [1.807, 2.05) is 80.6 Å². The fourth-order valence-electron chi connectivity index (χ4n) is 4.03. The number of benzene rings is 3. The molecule has 1 unspecified atom stereocenters. The fraction of sp³-hybridized carbons (Fsp3) is 0.214. The summed E-state index contributed by atoms with van der Waals surface area (Å²) >= 11 is 0. The van der Waals surface area contributed by atoms with Gasteiger partial charge in [-0.3, -0.25) is 9.59 Å². The average molecular weight is 442 g/mol. The topological polar surface area (TPSA) is 66.8 Å². The highest BCUT2D eigenvalue weighted by atomic mass is 16.5. The van der Waals surface area contributed by atoms with Crippen LogP contribution in [0.2, 0.25) is 0 Å². The number of amides is 1. The quantitative estimate of drug-likeness (QED) is 0.303. The Labute approximate surface area is 193 Å². The number of likely N-dealkylation sites (tertiary alicyclic amines) is 1. The maximum Gasteiger partial charge on any atom is 0.295 e. The molecule has 0 aliphatic carbocycles. The van der Waals surface area contributed by atoms with Gasteiger partial charge < -0.3 is 14.7 Å². The Bertz CT molecular complexity index is 1180. The van der Waals surface area contributed by atoms with Crippen molar-refractivity contribution < 1.29 is 19.4 Å². The molecule has 168 valence electrons. The number of carbonyl (C=O) groups excluding carboxylic acids is 2. The second-order valence-electron chi connectivity index (χ2n) is 8.20. The van der Waals surface area contributed by atoms with Crippen LogP contribution in [0, 0.1) is 6.92 Å². The van der Waals surface area contributed by atoms with Gasteiger partial charge in [-0.15, -0.1) is 0 Å². The summed E-state index contributed by atoms with van der Waals surface area (Å²) in [4.78, 5) is 27.9. The molecule has 1 fully saturated rings. The number of aliphatic hydroxyl groups is 1. The number of carbonyl (C=O) groups is 2. The lowest BCUT2D eigenvalue weighted by Crippen LogP contribution is -2.29. The van der Waals surface area contributed by atoms with Crippen LogP contribution in [-0.4, -0.2) is 28.3 Å². The Kier molecular flexibility index (Phi) is 6.59. The van der Waals surface area contributed by atoms with Crippen LogP contribution in [0.5, 0.6) is 5.75 Å². The molecule has 3 aromatic rings. The monoisotopic (exact) mass is 441 g/mol. The van der Waals surface area contributed by atoms with Crippen LogP contribution in [0.3, 0.4) is 0 Å². The van der Waals surface area contributed by atoms with Gasteiger partial charge >= 0.3 is 0 Å². The van der Waals surface area contributed by atoms with Crippen molar-refractivity contribution in [2.45, 2.75) is 32.9 Å². The largest absolute Gasteiger partial charge is 0.507 e. The Morgan fingerprint density at radius 2 is 1.70 bits per heavy atom. The van der Waals surface area contributed by atoms with Crippen molar-refractivity contribution in [2.24, 2.45) is 0 Å². The van der Waals surface area contributed by atoms with E-state index < -0.39 is 17.7 Å². The van der Waals surface area contributed by atoms with Gasteiger partial charge in [0, 0.05) is 12.1 Å². The number of hydrogen-bond acceptors (Lipinski definition) is 4. The summed E-state index contributed by atoms with van der Waals surface area (Å²) in [5.41, 5.74) is 3.24. The van der Waals surface area contributed by atoms with Crippen molar-refractivity contribution in [3.05, 3.63) is 107 Å². The number of ketones is 1. The van der Waals surface area contributed by atoms with E-state index in [4.69, 9.17) is 4.74 Å². The van der Waals surface area contributed by atoms with Crippen LogP contribution in [0.15, 0.2) is 84.4 Å². The third kappa shape index (κ3) is 4.67. The molecule has 1 saturated heterocycles. The summed E-state index contributed by atoms with van der Waals surface area (Å²) in [7, 11) is 0. The van der Waals surface area contributed by atoms with Crippen molar-refractivity contribution in [2.75, 3.05) is 6.61 Å². The van der Waals surface area contributed by atoms with Crippen LogP contribution in [-0.2, 0) is 16.1 Å². The molecule has 0 aromatic heterocycles. The number of rotatable bonds is 7. The molecule has 1 atom stereocenters. The summed E-state index contributed by atoms with van der Waals surface area (Å²) in [5, 5.41) is 11.2.